The summed E-state index contributed by atoms with van der Waals surface area (Å²) in [4.78, 5) is 12.7. The zero-order valence-corrected chi connectivity index (χ0v) is 20.2. The quantitative estimate of drug-likeness (QED) is 0.264. The van der Waals surface area contributed by atoms with E-state index in [1.54, 1.807) is 30.3 Å². The van der Waals surface area contributed by atoms with Gasteiger partial charge in [0, 0.05) is 11.6 Å². The molecule has 0 aliphatic carbocycles. The number of hydrogen-bond donors (Lipinski definition) is 1. The number of nitrogens with zero attached hydrogens (tertiary/aromatic N) is 1. The van der Waals surface area contributed by atoms with Gasteiger partial charge in [-0.05, 0) is 47.9 Å². The van der Waals surface area contributed by atoms with Gasteiger partial charge in [0.05, 0.1) is 11.5 Å². The third-order valence-electron chi connectivity index (χ3n) is 6.21. The van der Waals surface area contributed by atoms with Crippen molar-refractivity contribution in [1.82, 2.24) is 0 Å². The molecule has 4 aromatic rings. The molecule has 0 bridgehead atoms. The minimum absolute atomic E-state index is 0.0120. The van der Waals surface area contributed by atoms with Crippen LogP contribution in [0.1, 0.15) is 38.5 Å². The van der Waals surface area contributed by atoms with Crippen molar-refractivity contribution in [2.24, 2.45) is 5.73 Å². The molecule has 0 spiro atoms. The highest BCUT2D eigenvalue weighted by Crippen LogP contribution is 2.44. The summed E-state index contributed by atoms with van der Waals surface area (Å²) in [6, 6.07) is 32.0. The average Bonchev–Trinajstić information content (AvgIpc) is 2.92. The van der Waals surface area contributed by atoms with Gasteiger partial charge < -0.3 is 19.9 Å². The Morgan fingerprint density at radius 1 is 0.946 bits per heavy atom. The van der Waals surface area contributed by atoms with Crippen LogP contribution in [0, 0.1) is 18.3 Å². The van der Waals surface area contributed by atoms with Crippen LogP contribution in [-0.4, -0.2) is 5.97 Å². The van der Waals surface area contributed by atoms with E-state index < -0.39 is 11.9 Å². The molecule has 1 heterocycles. The first-order valence-corrected chi connectivity index (χ1v) is 11.8. The van der Waals surface area contributed by atoms with Crippen LogP contribution < -0.4 is 19.9 Å². The number of carbonyl (C=O) groups excluding carboxylic acids is 1. The monoisotopic (exact) mass is 488 g/mol. The van der Waals surface area contributed by atoms with E-state index in [0.29, 0.717) is 35.0 Å². The summed E-state index contributed by atoms with van der Waals surface area (Å²) >= 11 is 0. The number of nitrogens with two attached hydrogens (primary N) is 1. The molecule has 0 radical (unpaired) electrons. The Hall–Kier alpha value is -5.02. The van der Waals surface area contributed by atoms with E-state index in [1.165, 1.54) is 0 Å². The molecule has 0 saturated carbocycles. The fraction of sp³-hybridized carbons (Fsp3) is 0.0968. The van der Waals surface area contributed by atoms with E-state index in [4.69, 9.17) is 19.9 Å². The van der Waals surface area contributed by atoms with Crippen LogP contribution in [0.4, 0.5) is 0 Å². The number of hydrogen-bond acceptors (Lipinski definition) is 6. The number of benzene rings is 4. The van der Waals surface area contributed by atoms with E-state index >= 15 is 0 Å². The van der Waals surface area contributed by atoms with Gasteiger partial charge in [-0.3, -0.25) is 0 Å². The minimum Gasteiger partial charge on any atom is -0.489 e. The summed E-state index contributed by atoms with van der Waals surface area (Å²) in [5, 5.41) is 9.90. The molecule has 6 heteroatoms. The number of esters is 1. The highest BCUT2D eigenvalue weighted by Gasteiger charge is 2.31. The molecule has 1 unspecified atom stereocenters. The largest absolute Gasteiger partial charge is 0.489 e. The number of fused-ring (bicyclic) bond motifs is 1. The Morgan fingerprint density at radius 3 is 2.51 bits per heavy atom. The lowest BCUT2D eigenvalue weighted by molar-refractivity contribution is 0.0733. The molecule has 5 rings (SSSR count). The highest BCUT2D eigenvalue weighted by molar-refractivity contribution is 5.92. The van der Waals surface area contributed by atoms with Crippen molar-refractivity contribution in [3.8, 4) is 23.3 Å². The summed E-state index contributed by atoms with van der Waals surface area (Å²) in [6.07, 6.45) is 0. The van der Waals surface area contributed by atoms with Crippen LogP contribution in [0.5, 0.6) is 17.2 Å². The number of nitriles is 1. The molecule has 37 heavy (non-hydrogen) atoms. The van der Waals surface area contributed by atoms with Crippen LogP contribution in [0.2, 0.25) is 0 Å². The molecule has 0 aromatic heterocycles. The first-order valence-electron chi connectivity index (χ1n) is 11.8. The maximum Gasteiger partial charge on any atom is 0.343 e. The van der Waals surface area contributed by atoms with E-state index in [2.05, 4.69) is 6.07 Å². The van der Waals surface area contributed by atoms with E-state index in [1.807, 2.05) is 73.7 Å². The third-order valence-corrected chi connectivity index (χ3v) is 6.21. The summed E-state index contributed by atoms with van der Waals surface area (Å²) < 4.78 is 17.4. The number of allylic oxidation sites excluding steroid dienone is 1. The molecule has 182 valence electrons. The smallest absolute Gasteiger partial charge is 0.343 e. The van der Waals surface area contributed by atoms with Gasteiger partial charge in [-0.25, -0.2) is 4.79 Å². The van der Waals surface area contributed by atoms with Crippen molar-refractivity contribution in [2.45, 2.75) is 19.4 Å². The number of aryl methyl sites for hydroxylation is 1. The van der Waals surface area contributed by atoms with Crippen LogP contribution in [0.25, 0.3) is 0 Å². The average molecular weight is 489 g/mol. The number of carbonyl (C=O) groups is 1. The van der Waals surface area contributed by atoms with E-state index in [0.717, 1.165) is 22.3 Å². The van der Waals surface area contributed by atoms with E-state index in [9.17, 15) is 10.1 Å². The Kier molecular flexibility index (Phi) is 6.60. The van der Waals surface area contributed by atoms with Crippen molar-refractivity contribution in [2.75, 3.05) is 0 Å². The maximum atomic E-state index is 12.7. The zero-order chi connectivity index (χ0) is 25.8. The zero-order valence-electron chi connectivity index (χ0n) is 20.2. The summed E-state index contributed by atoms with van der Waals surface area (Å²) in [6.45, 7) is 2.27. The first kappa shape index (κ1) is 23.7. The van der Waals surface area contributed by atoms with Gasteiger partial charge in [-0.1, -0.05) is 66.7 Å². The fourth-order valence-corrected chi connectivity index (χ4v) is 4.33. The number of ether oxygens (including phenoxy) is 3. The maximum absolute atomic E-state index is 12.7. The predicted molar refractivity (Wildman–Crippen MR) is 139 cm³/mol. The number of rotatable bonds is 6. The molecule has 1 atom stereocenters. The van der Waals surface area contributed by atoms with Crippen molar-refractivity contribution >= 4 is 5.97 Å². The Morgan fingerprint density at radius 2 is 1.73 bits per heavy atom. The van der Waals surface area contributed by atoms with Crippen LogP contribution >= 0.6 is 0 Å². The highest BCUT2D eigenvalue weighted by atomic mass is 16.5. The second kappa shape index (κ2) is 10.3. The first-order chi connectivity index (χ1) is 18.0. The normalized spacial score (nSPS) is 14.2. The third kappa shape index (κ3) is 5.02. The summed E-state index contributed by atoms with van der Waals surface area (Å²) in [7, 11) is 0. The SMILES string of the molecule is Cc1ccccc1C(=O)Oc1ccc2c(c1)OC(N)=C(C#N)C2c1cccc(OCc2ccccc2)c1. The molecule has 1 aliphatic heterocycles. The van der Waals surface area contributed by atoms with Gasteiger partial charge in [-0.2, -0.15) is 5.26 Å². The Bertz CT molecular complexity index is 1540. The molecular weight excluding hydrogens is 464 g/mol. The lowest BCUT2D eigenvalue weighted by Crippen LogP contribution is -2.21. The van der Waals surface area contributed by atoms with Gasteiger partial charge in [0.1, 0.15) is 35.5 Å². The van der Waals surface area contributed by atoms with Gasteiger partial charge >= 0.3 is 5.97 Å². The second-order valence-electron chi connectivity index (χ2n) is 8.68. The van der Waals surface area contributed by atoms with Crippen LogP contribution in [-0.2, 0) is 6.61 Å². The second-order valence-corrected chi connectivity index (χ2v) is 8.68. The predicted octanol–water partition coefficient (Wildman–Crippen LogP) is 6.01. The lowest BCUT2D eigenvalue weighted by Gasteiger charge is -2.27. The molecule has 4 aromatic carbocycles. The molecule has 0 saturated heterocycles. The van der Waals surface area contributed by atoms with Crippen molar-refractivity contribution in [3.63, 3.8) is 0 Å². The molecule has 0 amide bonds. The summed E-state index contributed by atoms with van der Waals surface area (Å²) in [5.41, 5.74) is 10.4. The van der Waals surface area contributed by atoms with Gasteiger partial charge in [0.2, 0.25) is 5.88 Å². The van der Waals surface area contributed by atoms with Crippen molar-refractivity contribution in [3.05, 3.63) is 136 Å². The Balaban J connectivity index is 1.43. The molecular formula is C31H24N2O4. The van der Waals surface area contributed by atoms with Crippen LogP contribution in [0.15, 0.2) is 109 Å². The van der Waals surface area contributed by atoms with Gasteiger partial charge in [-0.15, -0.1) is 0 Å². The lowest BCUT2D eigenvalue weighted by atomic mass is 9.83. The molecule has 1 aliphatic rings. The standard InChI is InChI=1S/C31H24N2O4/c1-20-8-5-6-13-25(20)31(34)36-24-14-15-26-28(17-24)37-30(33)27(18-32)29(26)22-11-7-12-23(16-22)35-19-21-9-3-2-4-10-21/h2-17,29H,19,33H2,1H3. The van der Waals surface area contributed by atoms with Gasteiger partial charge in [0.25, 0.3) is 0 Å². The van der Waals surface area contributed by atoms with Crippen molar-refractivity contribution < 1.29 is 19.0 Å². The molecule has 6 nitrogen and oxygen atoms in total. The topological polar surface area (TPSA) is 94.6 Å². The minimum atomic E-state index is -0.463. The van der Waals surface area contributed by atoms with Crippen molar-refractivity contribution in [1.29, 1.82) is 5.26 Å². The summed E-state index contributed by atoms with van der Waals surface area (Å²) in [5.74, 6) is 0.503. The Labute approximate surface area is 215 Å². The van der Waals surface area contributed by atoms with Crippen LogP contribution in [0.3, 0.4) is 0 Å². The van der Waals surface area contributed by atoms with E-state index in [-0.39, 0.29) is 5.88 Å². The fourth-order valence-electron chi connectivity index (χ4n) is 4.33. The van der Waals surface area contributed by atoms with Gasteiger partial charge in [0.15, 0.2) is 0 Å². The molecule has 2 N–H and O–H groups in total. The molecule has 0 fully saturated rings.